The van der Waals surface area contributed by atoms with E-state index in [1.807, 2.05) is 13.0 Å². The van der Waals surface area contributed by atoms with Gasteiger partial charge in [-0.2, -0.15) is 0 Å². The van der Waals surface area contributed by atoms with Crippen molar-refractivity contribution in [3.05, 3.63) is 47.8 Å². The highest BCUT2D eigenvalue weighted by Gasteiger charge is 2.26. The summed E-state index contributed by atoms with van der Waals surface area (Å²) in [6.07, 6.45) is 3.43. The van der Waals surface area contributed by atoms with Crippen LogP contribution in [0.4, 0.5) is 17.1 Å². The Morgan fingerprint density at radius 2 is 1.76 bits per heavy atom. The fourth-order valence-electron chi connectivity index (χ4n) is 2.22. The second kappa shape index (κ2) is 5.24. The van der Waals surface area contributed by atoms with Gasteiger partial charge in [-0.15, -0.1) is 0 Å². The topological polar surface area (TPSA) is 83.1 Å². The van der Waals surface area contributed by atoms with Gasteiger partial charge in [0.25, 0.3) is 11.8 Å². The molecule has 1 aromatic carbocycles. The normalized spacial score (nSPS) is 12.8. The SMILES string of the molecule is CCNc1cncc(Nc2ccc3c(c2)C(=O)NC3=O)c1. The zero-order valence-electron chi connectivity index (χ0n) is 11.4. The molecule has 2 heterocycles. The Balaban J connectivity index is 1.86. The van der Waals surface area contributed by atoms with Gasteiger partial charge < -0.3 is 10.6 Å². The van der Waals surface area contributed by atoms with Crippen molar-refractivity contribution in [1.29, 1.82) is 0 Å². The molecule has 0 saturated carbocycles. The minimum absolute atomic E-state index is 0.350. The van der Waals surface area contributed by atoms with E-state index in [2.05, 4.69) is 20.9 Å². The van der Waals surface area contributed by atoms with E-state index >= 15 is 0 Å². The van der Waals surface area contributed by atoms with Crippen LogP contribution in [-0.2, 0) is 0 Å². The van der Waals surface area contributed by atoms with Crippen molar-refractivity contribution in [2.75, 3.05) is 17.2 Å². The lowest BCUT2D eigenvalue weighted by Crippen LogP contribution is -2.19. The standard InChI is InChI=1S/C15H14N4O2/c1-2-17-10-5-11(8-16-7-10)18-9-3-4-12-13(6-9)15(21)19-14(12)20/h3-8,17-18H,2H2,1H3,(H,19,20,21). The van der Waals surface area contributed by atoms with Gasteiger partial charge in [0.05, 0.1) is 34.9 Å². The number of pyridine rings is 1. The highest BCUT2D eigenvalue weighted by Crippen LogP contribution is 2.23. The molecule has 0 bridgehead atoms. The number of nitrogens with zero attached hydrogens (tertiary/aromatic N) is 1. The van der Waals surface area contributed by atoms with Gasteiger partial charge in [0.2, 0.25) is 0 Å². The number of hydrogen-bond donors (Lipinski definition) is 3. The highest BCUT2D eigenvalue weighted by molar-refractivity contribution is 6.21. The number of anilines is 3. The van der Waals surface area contributed by atoms with Gasteiger partial charge in [-0.1, -0.05) is 0 Å². The lowest BCUT2D eigenvalue weighted by atomic mass is 10.1. The predicted octanol–water partition coefficient (Wildman–Crippen LogP) is 2.14. The number of aromatic nitrogens is 1. The number of carbonyl (C=O) groups excluding carboxylic acids is 2. The van der Waals surface area contributed by atoms with E-state index in [4.69, 9.17) is 0 Å². The van der Waals surface area contributed by atoms with Crippen molar-refractivity contribution < 1.29 is 9.59 Å². The predicted molar refractivity (Wildman–Crippen MR) is 79.9 cm³/mol. The molecule has 1 aliphatic rings. The van der Waals surface area contributed by atoms with E-state index in [1.54, 1.807) is 30.6 Å². The Hall–Kier alpha value is -2.89. The number of carbonyl (C=O) groups is 2. The van der Waals surface area contributed by atoms with Crippen molar-refractivity contribution >= 4 is 28.9 Å². The van der Waals surface area contributed by atoms with Gasteiger partial charge in [0.15, 0.2) is 0 Å². The fraction of sp³-hybridized carbons (Fsp3) is 0.133. The van der Waals surface area contributed by atoms with Crippen LogP contribution >= 0.6 is 0 Å². The van der Waals surface area contributed by atoms with Gasteiger partial charge in [-0.05, 0) is 31.2 Å². The zero-order chi connectivity index (χ0) is 14.8. The van der Waals surface area contributed by atoms with Crippen LogP contribution in [0.3, 0.4) is 0 Å². The van der Waals surface area contributed by atoms with E-state index in [0.717, 1.165) is 23.6 Å². The lowest BCUT2D eigenvalue weighted by Gasteiger charge is -2.09. The molecular formula is C15H14N4O2. The summed E-state index contributed by atoms with van der Waals surface area (Å²) in [6.45, 7) is 2.82. The minimum Gasteiger partial charge on any atom is -0.384 e. The molecular weight excluding hydrogens is 268 g/mol. The number of fused-ring (bicyclic) bond motifs is 1. The fourth-order valence-corrected chi connectivity index (χ4v) is 2.22. The maximum atomic E-state index is 11.6. The first-order valence-electron chi connectivity index (χ1n) is 6.63. The number of rotatable bonds is 4. The summed E-state index contributed by atoms with van der Waals surface area (Å²) in [5, 5.41) is 8.62. The minimum atomic E-state index is -0.363. The first-order chi connectivity index (χ1) is 10.2. The summed E-state index contributed by atoms with van der Waals surface area (Å²) in [5.74, 6) is -0.712. The first kappa shape index (κ1) is 13.1. The largest absolute Gasteiger partial charge is 0.384 e. The molecule has 0 spiro atoms. The average Bonchev–Trinajstić information content (AvgIpc) is 2.74. The van der Waals surface area contributed by atoms with Crippen molar-refractivity contribution in [3.8, 4) is 0 Å². The molecule has 3 rings (SSSR count). The Labute approximate surface area is 121 Å². The Morgan fingerprint density at radius 3 is 2.57 bits per heavy atom. The molecule has 0 radical (unpaired) electrons. The third kappa shape index (κ3) is 2.55. The van der Waals surface area contributed by atoms with Crippen molar-refractivity contribution in [2.24, 2.45) is 0 Å². The molecule has 2 aromatic rings. The molecule has 21 heavy (non-hydrogen) atoms. The van der Waals surface area contributed by atoms with Gasteiger partial charge in [0, 0.05) is 12.2 Å². The molecule has 6 heteroatoms. The van der Waals surface area contributed by atoms with Crippen LogP contribution in [0.15, 0.2) is 36.7 Å². The number of benzene rings is 1. The molecule has 0 saturated heterocycles. The highest BCUT2D eigenvalue weighted by atomic mass is 16.2. The zero-order valence-corrected chi connectivity index (χ0v) is 11.4. The first-order valence-corrected chi connectivity index (χ1v) is 6.63. The summed E-state index contributed by atoms with van der Waals surface area (Å²) in [5.41, 5.74) is 3.25. The third-order valence-corrected chi connectivity index (χ3v) is 3.14. The smallest absolute Gasteiger partial charge is 0.259 e. The lowest BCUT2D eigenvalue weighted by molar-refractivity contribution is 0.0879. The molecule has 106 valence electrons. The van der Waals surface area contributed by atoms with Crippen molar-refractivity contribution in [2.45, 2.75) is 6.92 Å². The maximum absolute atomic E-state index is 11.6. The number of amides is 2. The van der Waals surface area contributed by atoms with Crippen LogP contribution < -0.4 is 16.0 Å². The molecule has 0 fully saturated rings. The quantitative estimate of drug-likeness (QED) is 0.748. The van der Waals surface area contributed by atoms with E-state index in [1.165, 1.54) is 0 Å². The summed E-state index contributed by atoms with van der Waals surface area (Å²) < 4.78 is 0. The van der Waals surface area contributed by atoms with E-state index < -0.39 is 0 Å². The Bertz CT molecular complexity index is 727. The molecule has 1 aromatic heterocycles. The Morgan fingerprint density at radius 1 is 1.00 bits per heavy atom. The van der Waals surface area contributed by atoms with Crippen LogP contribution in [0.25, 0.3) is 0 Å². The number of nitrogens with one attached hydrogen (secondary N) is 3. The van der Waals surface area contributed by atoms with Crippen LogP contribution in [0.5, 0.6) is 0 Å². The summed E-state index contributed by atoms with van der Waals surface area (Å²) in [6, 6.07) is 6.99. The summed E-state index contributed by atoms with van der Waals surface area (Å²) in [4.78, 5) is 27.3. The number of imide groups is 1. The van der Waals surface area contributed by atoms with Crippen molar-refractivity contribution in [3.63, 3.8) is 0 Å². The third-order valence-electron chi connectivity index (χ3n) is 3.14. The van der Waals surface area contributed by atoms with Crippen LogP contribution in [0, 0.1) is 0 Å². The molecule has 0 aliphatic carbocycles. The summed E-state index contributed by atoms with van der Waals surface area (Å²) in [7, 11) is 0. The molecule has 0 atom stereocenters. The molecule has 0 unspecified atom stereocenters. The van der Waals surface area contributed by atoms with Crippen LogP contribution in [0.1, 0.15) is 27.6 Å². The van der Waals surface area contributed by atoms with Gasteiger partial charge >= 0.3 is 0 Å². The second-order valence-corrected chi connectivity index (χ2v) is 4.66. The van der Waals surface area contributed by atoms with Crippen molar-refractivity contribution in [1.82, 2.24) is 10.3 Å². The number of hydrogen-bond acceptors (Lipinski definition) is 5. The van der Waals surface area contributed by atoms with E-state index in [-0.39, 0.29) is 11.8 Å². The van der Waals surface area contributed by atoms with Crippen LogP contribution in [-0.4, -0.2) is 23.3 Å². The molecule has 6 nitrogen and oxygen atoms in total. The monoisotopic (exact) mass is 282 g/mol. The average molecular weight is 282 g/mol. The molecule has 2 amide bonds. The van der Waals surface area contributed by atoms with Gasteiger partial charge in [0.1, 0.15) is 0 Å². The van der Waals surface area contributed by atoms with Crippen LogP contribution in [0.2, 0.25) is 0 Å². The van der Waals surface area contributed by atoms with Gasteiger partial charge in [-0.25, -0.2) is 0 Å². The van der Waals surface area contributed by atoms with E-state index in [9.17, 15) is 9.59 Å². The second-order valence-electron chi connectivity index (χ2n) is 4.66. The molecule has 3 N–H and O–H groups in total. The Kier molecular flexibility index (Phi) is 3.27. The summed E-state index contributed by atoms with van der Waals surface area (Å²) >= 11 is 0. The maximum Gasteiger partial charge on any atom is 0.259 e. The molecule has 1 aliphatic heterocycles. The van der Waals surface area contributed by atoms with E-state index in [0.29, 0.717) is 11.1 Å². The van der Waals surface area contributed by atoms with Gasteiger partial charge in [-0.3, -0.25) is 19.9 Å².